The molecule has 1 saturated heterocycles. The molecule has 2 aliphatic rings. The Labute approximate surface area is 98.4 Å². The van der Waals surface area contributed by atoms with Crippen LogP contribution in [0.25, 0.3) is 0 Å². The summed E-state index contributed by atoms with van der Waals surface area (Å²) < 4.78 is 0. The molecule has 0 aromatic carbocycles. The van der Waals surface area contributed by atoms with E-state index in [1.165, 1.54) is 16.7 Å². The van der Waals surface area contributed by atoms with Crippen molar-refractivity contribution in [1.82, 2.24) is 4.90 Å². The van der Waals surface area contributed by atoms with E-state index in [0.717, 1.165) is 12.8 Å². The highest BCUT2D eigenvalue weighted by Crippen LogP contribution is 2.40. The molecular formula is C10H16N2O3S. The fourth-order valence-electron chi connectivity index (χ4n) is 2.01. The van der Waals surface area contributed by atoms with Gasteiger partial charge in [-0.05, 0) is 25.7 Å². The second-order valence-corrected chi connectivity index (χ2v) is 5.69. The molecule has 1 saturated carbocycles. The van der Waals surface area contributed by atoms with Gasteiger partial charge in [0.25, 0.3) is 0 Å². The van der Waals surface area contributed by atoms with Crippen LogP contribution >= 0.6 is 11.8 Å². The van der Waals surface area contributed by atoms with E-state index in [4.69, 9.17) is 10.8 Å². The van der Waals surface area contributed by atoms with Crippen LogP contribution in [0.5, 0.6) is 0 Å². The summed E-state index contributed by atoms with van der Waals surface area (Å²) in [4.78, 5) is 24.6. The molecule has 0 radical (unpaired) electrons. The molecule has 0 aromatic rings. The van der Waals surface area contributed by atoms with E-state index in [1.54, 1.807) is 6.92 Å². The smallest absolute Gasteiger partial charge is 0.327 e. The molecule has 0 aromatic heterocycles. The topological polar surface area (TPSA) is 83.6 Å². The van der Waals surface area contributed by atoms with Crippen molar-refractivity contribution >= 4 is 23.6 Å². The first-order valence-corrected chi connectivity index (χ1v) is 6.50. The molecule has 2 fully saturated rings. The van der Waals surface area contributed by atoms with Gasteiger partial charge in [-0.1, -0.05) is 0 Å². The minimum absolute atomic E-state index is 0.215. The van der Waals surface area contributed by atoms with Crippen molar-refractivity contribution in [2.24, 2.45) is 11.7 Å². The Balaban J connectivity index is 2.11. The molecule has 0 spiro atoms. The Hall–Kier alpha value is -0.750. The Morgan fingerprint density at radius 3 is 2.62 bits per heavy atom. The van der Waals surface area contributed by atoms with Crippen LogP contribution in [0.1, 0.15) is 19.8 Å². The SMILES string of the molecule is CC(N)(C(=O)N1CSC[C@H]1C(=O)O)C1CC1. The molecule has 6 heteroatoms. The summed E-state index contributed by atoms with van der Waals surface area (Å²) in [5.74, 6) is -0.0330. The number of aliphatic carboxylic acids is 1. The van der Waals surface area contributed by atoms with Crippen molar-refractivity contribution in [2.45, 2.75) is 31.3 Å². The van der Waals surface area contributed by atoms with E-state index in [-0.39, 0.29) is 11.8 Å². The zero-order valence-electron chi connectivity index (χ0n) is 9.18. The molecule has 1 aliphatic heterocycles. The van der Waals surface area contributed by atoms with Crippen LogP contribution in [-0.4, -0.2) is 45.1 Å². The van der Waals surface area contributed by atoms with E-state index in [1.807, 2.05) is 0 Å². The molecule has 3 N–H and O–H groups in total. The molecular weight excluding hydrogens is 228 g/mol. The lowest BCUT2D eigenvalue weighted by Gasteiger charge is -2.30. The van der Waals surface area contributed by atoms with Gasteiger partial charge in [0.05, 0.1) is 11.4 Å². The van der Waals surface area contributed by atoms with Crippen LogP contribution in [0.4, 0.5) is 0 Å². The third-order valence-electron chi connectivity index (χ3n) is 3.31. The van der Waals surface area contributed by atoms with Crippen molar-refractivity contribution < 1.29 is 14.7 Å². The maximum Gasteiger partial charge on any atom is 0.327 e. The number of amides is 1. The van der Waals surface area contributed by atoms with E-state index in [9.17, 15) is 9.59 Å². The number of carbonyl (C=O) groups excluding carboxylic acids is 1. The third kappa shape index (κ3) is 1.91. The molecule has 2 atom stereocenters. The largest absolute Gasteiger partial charge is 0.480 e. The first-order valence-electron chi connectivity index (χ1n) is 5.35. The molecule has 1 unspecified atom stereocenters. The summed E-state index contributed by atoms with van der Waals surface area (Å²) >= 11 is 1.46. The van der Waals surface area contributed by atoms with Gasteiger partial charge in [-0.15, -0.1) is 11.8 Å². The molecule has 0 bridgehead atoms. The monoisotopic (exact) mass is 244 g/mol. The molecule has 2 rings (SSSR count). The summed E-state index contributed by atoms with van der Waals surface area (Å²) in [5, 5.41) is 9.00. The number of hydrogen-bond donors (Lipinski definition) is 2. The van der Waals surface area contributed by atoms with Gasteiger partial charge in [-0.3, -0.25) is 4.79 Å². The molecule has 1 heterocycles. The second-order valence-electron chi connectivity index (χ2n) is 4.69. The van der Waals surface area contributed by atoms with Crippen molar-refractivity contribution in [3.63, 3.8) is 0 Å². The fraction of sp³-hybridized carbons (Fsp3) is 0.800. The Bertz CT molecular complexity index is 328. The predicted molar refractivity (Wildman–Crippen MR) is 60.9 cm³/mol. The standard InChI is InChI=1S/C10H16N2O3S/c1-10(11,6-2-3-6)9(15)12-5-16-4-7(12)8(13)14/h6-7H,2-5,11H2,1H3,(H,13,14)/t7-,10?/m0/s1. The zero-order chi connectivity index (χ0) is 11.9. The summed E-state index contributed by atoms with van der Waals surface area (Å²) in [7, 11) is 0. The van der Waals surface area contributed by atoms with Gasteiger partial charge in [-0.2, -0.15) is 0 Å². The summed E-state index contributed by atoms with van der Waals surface area (Å²) in [6.45, 7) is 1.72. The van der Waals surface area contributed by atoms with Gasteiger partial charge in [0, 0.05) is 5.75 Å². The molecule has 1 amide bonds. The van der Waals surface area contributed by atoms with Crippen LogP contribution in [-0.2, 0) is 9.59 Å². The lowest BCUT2D eigenvalue weighted by Crippen LogP contribution is -2.57. The van der Waals surface area contributed by atoms with Gasteiger partial charge < -0.3 is 15.7 Å². The highest BCUT2D eigenvalue weighted by Gasteiger charge is 2.49. The highest BCUT2D eigenvalue weighted by atomic mass is 32.2. The van der Waals surface area contributed by atoms with Crippen molar-refractivity contribution in [1.29, 1.82) is 0 Å². The Kier molecular flexibility index (Phi) is 2.88. The van der Waals surface area contributed by atoms with E-state index in [2.05, 4.69) is 0 Å². The predicted octanol–water partition coefficient (Wildman–Crippen LogP) is 0.0999. The molecule has 16 heavy (non-hydrogen) atoms. The van der Waals surface area contributed by atoms with Crippen LogP contribution < -0.4 is 5.73 Å². The molecule has 5 nitrogen and oxygen atoms in total. The quantitative estimate of drug-likeness (QED) is 0.735. The van der Waals surface area contributed by atoms with Crippen molar-refractivity contribution in [3.8, 4) is 0 Å². The maximum atomic E-state index is 12.2. The number of carbonyl (C=O) groups is 2. The average molecular weight is 244 g/mol. The van der Waals surface area contributed by atoms with Crippen molar-refractivity contribution in [3.05, 3.63) is 0 Å². The summed E-state index contributed by atoms with van der Waals surface area (Å²) in [5.41, 5.74) is 5.12. The normalized spacial score (nSPS) is 28.9. The first-order chi connectivity index (χ1) is 7.44. The van der Waals surface area contributed by atoms with Gasteiger partial charge in [-0.25, -0.2) is 4.79 Å². The maximum absolute atomic E-state index is 12.2. The lowest BCUT2D eigenvalue weighted by atomic mass is 9.95. The van der Waals surface area contributed by atoms with Crippen LogP contribution in [0, 0.1) is 5.92 Å². The minimum Gasteiger partial charge on any atom is -0.480 e. The zero-order valence-corrected chi connectivity index (χ0v) is 10.00. The third-order valence-corrected chi connectivity index (χ3v) is 4.33. The van der Waals surface area contributed by atoms with E-state index < -0.39 is 17.6 Å². The number of thioether (sulfide) groups is 1. The molecule has 90 valence electrons. The van der Waals surface area contributed by atoms with Crippen LogP contribution in [0.15, 0.2) is 0 Å². The van der Waals surface area contributed by atoms with E-state index in [0.29, 0.717) is 11.6 Å². The van der Waals surface area contributed by atoms with Crippen LogP contribution in [0.3, 0.4) is 0 Å². The number of hydrogen-bond acceptors (Lipinski definition) is 4. The number of nitrogens with zero attached hydrogens (tertiary/aromatic N) is 1. The Morgan fingerprint density at radius 1 is 1.50 bits per heavy atom. The Morgan fingerprint density at radius 2 is 2.12 bits per heavy atom. The summed E-state index contributed by atoms with van der Waals surface area (Å²) in [6.07, 6.45) is 1.94. The van der Waals surface area contributed by atoms with E-state index >= 15 is 0 Å². The first kappa shape index (κ1) is 11.7. The minimum atomic E-state index is -0.940. The lowest BCUT2D eigenvalue weighted by molar-refractivity contribution is -0.150. The fourth-order valence-corrected chi connectivity index (χ4v) is 3.16. The number of carboxylic acid groups (broad SMARTS) is 1. The van der Waals surface area contributed by atoms with Crippen LogP contribution in [0.2, 0.25) is 0 Å². The number of nitrogens with two attached hydrogens (primary N) is 1. The van der Waals surface area contributed by atoms with Gasteiger partial charge in [0.15, 0.2) is 0 Å². The molecule has 1 aliphatic carbocycles. The summed E-state index contributed by atoms with van der Waals surface area (Å²) in [6, 6.07) is -0.709. The van der Waals surface area contributed by atoms with Gasteiger partial charge >= 0.3 is 5.97 Å². The van der Waals surface area contributed by atoms with Gasteiger partial charge in [0.2, 0.25) is 5.91 Å². The highest BCUT2D eigenvalue weighted by molar-refractivity contribution is 7.99. The second kappa shape index (κ2) is 3.92. The number of carboxylic acids is 1. The van der Waals surface area contributed by atoms with Gasteiger partial charge in [0.1, 0.15) is 6.04 Å². The average Bonchev–Trinajstić information content (AvgIpc) is 2.95. The van der Waals surface area contributed by atoms with Crippen molar-refractivity contribution in [2.75, 3.05) is 11.6 Å². The number of rotatable bonds is 3.